The molecule has 2 saturated heterocycles. The van der Waals surface area contributed by atoms with E-state index in [1.165, 1.54) is 0 Å². The number of rotatable bonds is 1. The van der Waals surface area contributed by atoms with Crippen molar-refractivity contribution in [1.29, 1.82) is 0 Å². The summed E-state index contributed by atoms with van der Waals surface area (Å²) in [5, 5.41) is 13.3. The number of H-pyrrole nitrogens is 1. The number of nitrogens with one attached hydrogen (secondary N) is 2. The molecule has 1 aromatic heterocycles. The second kappa shape index (κ2) is 5.68. The molecular formula is C14H22N6O2. The van der Waals surface area contributed by atoms with Crippen LogP contribution in [0.1, 0.15) is 35.4 Å². The van der Waals surface area contributed by atoms with Crippen LogP contribution in [0.25, 0.3) is 0 Å². The van der Waals surface area contributed by atoms with Crippen molar-refractivity contribution in [2.45, 2.75) is 31.7 Å². The normalized spacial score (nSPS) is 26.8. The van der Waals surface area contributed by atoms with Gasteiger partial charge < -0.3 is 10.2 Å². The van der Waals surface area contributed by atoms with Gasteiger partial charge in [-0.15, -0.1) is 0 Å². The van der Waals surface area contributed by atoms with Crippen molar-refractivity contribution in [1.82, 2.24) is 30.5 Å². The zero-order valence-electron chi connectivity index (χ0n) is 13.1. The fourth-order valence-electron chi connectivity index (χ4n) is 3.41. The molecule has 0 unspecified atom stereocenters. The van der Waals surface area contributed by atoms with Crippen LogP contribution < -0.4 is 5.32 Å². The van der Waals surface area contributed by atoms with Gasteiger partial charge in [0.05, 0.1) is 5.69 Å². The molecule has 8 heteroatoms. The average Bonchev–Trinajstić information content (AvgIpc) is 2.84. The Labute approximate surface area is 129 Å². The first-order chi connectivity index (χ1) is 10.5. The van der Waals surface area contributed by atoms with E-state index in [0.29, 0.717) is 37.4 Å². The summed E-state index contributed by atoms with van der Waals surface area (Å²) in [6, 6.07) is 0. The third-order valence-corrected chi connectivity index (χ3v) is 4.94. The van der Waals surface area contributed by atoms with E-state index < -0.39 is 0 Å². The highest BCUT2D eigenvalue weighted by Crippen LogP contribution is 2.30. The maximum absolute atomic E-state index is 12.7. The highest BCUT2D eigenvalue weighted by Gasteiger charge is 2.42. The third kappa shape index (κ3) is 2.58. The number of nitrogens with zero attached hydrogens (tertiary/aromatic N) is 4. The van der Waals surface area contributed by atoms with Gasteiger partial charge in [0, 0.05) is 38.1 Å². The van der Waals surface area contributed by atoms with Gasteiger partial charge in [-0.05, 0) is 26.8 Å². The van der Waals surface area contributed by atoms with Crippen molar-refractivity contribution in [3.8, 4) is 0 Å². The molecule has 2 aliphatic heterocycles. The number of hydrogen-bond donors (Lipinski definition) is 2. The Morgan fingerprint density at radius 3 is 2.82 bits per heavy atom. The summed E-state index contributed by atoms with van der Waals surface area (Å²) >= 11 is 0. The minimum Gasteiger partial charge on any atom is -0.356 e. The number of aryl methyl sites for hydroxylation is 1. The van der Waals surface area contributed by atoms with Crippen LogP contribution in [0.3, 0.4) is 0 Å². The molecule has 22 heavy (non-hydrogen) atoms. The summed E-state index contributed by atoms with van der Waals surface area (Å²) in [6.07, 6.45) is 2.14. The summed E-state index contributed by atoms with van der Waals surface area (Å²) in [7, 11) is 2.08. The zero-order valence-corrected chi connectivity index (χ0v) is 13.1. The molecule has 0 bridgehead atoms. The van der Waals surface area contributed by atoms with Crippen LogP contribution >= 0.6 is 0 Å². The predicted octanol–water partition coefficient (Wildman–Crippen LogP) is -0.460. The molecule has 8 nitrogen and oxygen atoms in total. The Balaban J connectivity index is 1.80. The van der Waals surface area contributed by atoms with E-state index >= 15 is 0 Å². The molecule has 0 radical (unpaired) electrons. The van der Waals surface area contributed by atoms with Crippen molar-refractivity contribution in [2.24, 2.45) is 0 Å². The van der Waals surface area contributed by atoms with Gasteiger partial charge >= 0.3 is 0 Å². The lowest BCUT2D eigenvalue weighted by Gasteiger charge is -2.49. The van der Waals surface area contributed by atoms with Gasteiger partial charge in [0.1, 0.15) is 0 Å². The molecule has 2 aliphatic rings. The monoisotopic (exact) mass is 306 g/mol. The second-order valence-electron chi connectivity index (χ2n) is 6.23. The molecule has 2 fully saturated rings. The molecule has 0 aromatic carbocycles. The number of carbonyl (C=O) groups excluding carboxylic acids is 2. The summed E-state index contributed by atoms with van der Waals surface area (Å²) in [6.45, 7) is 4.54. The molecule has 120 valence electrons. The van der Waals surface area contributed by atoms with Gasteiger partial charge in [0.25, 0.3) is 5.91 Å². The van der Waals surface area contributed by atoms with Crippen LogP contribution in [-0.4, -0.2) is 75.8 Å². The Bertz CT molecular complexity index is 586. The van der Waals surface area contributed by atoms with E-state index in [0.717, 1.165) is 19.4 Å². The molecule has 3 heterocycles. The lowest BCUT2D eigenvalue weighted by molar-refractivity contribution is -0.121. The average molecular weight is 306 g/mol. The fraction of sp³-hybridized carbons (Fsp3) is 0.714. The molecule has 1 atom stereocenters. The number of likely N-dealkylation sites (N-methyl/N-ethyl adjacent to an activating group) is 1. The van der Waals surface area contributed by atoms with Crippen molar-refractivity contribution < 1.29 is 9.59 Å². The summed E-state index contributed by atoms with van der Waals surface area (Å²) in [5.41, 5.74) is 0.878. The predicted molar refractivity (Wildman–Crippen MR) is 79.2 cm³/mol. The number of aromatic nitrogens is 3. The topological polar surface area (TPSA) is 94.2 Å². The van der Waals surface area contributed by atoms with Crippen molar-refractivity contribution in [3.63, 3.8) is 0 Å². The molecular weight excluding hydrogens is 284 g/mol. The zero-order chi connectivity index (χ0) is 15.7. The fourth-order valence-corrected chi connectivity index (χ4v) is 3.41. The molecule has 0 aliphatic carbocycles. The Morgan fingerprint density at radius 1 is 1.27 bits per heavy atom. The molecule has 1 spiro atoms. The Kier molecular flexibility index (Phi) is 3.86. The maximum atomic E-state index is 12.7. The Morgan fingerprint density at radius 2 is 2.09 bits per heavy atom. The van der Waals surface area contributed by atoms with E-state index in [-0.39, 0.29) is 17.4 Å². The van der Waals surface area contributed by atoms with Crippen molar-refractivity contribution >= 4 is 11.8 Å². The molecule has 2 amide bonds. The number of amides is 2. The van der Waals surface area contributed by atoms with Gasteiger partial charge in [-0.2, -0.15) is 15.4 Å². The smallest absolute Gasteiger partial charge is 0.276 e. The van der Waals surface area contributed by atoms with Gasteiger partial charge in [-0.25, -0.2) is 0 Å². The van der Waals surface area contributed by atoms with Crippen LogP contribution in [-0.2, 0) is 4.79 Å². The van der Waals surface area contributed by atoms with E-state index in [2.05, 4.69) is 32.7 Å². The molecule has 0 saturated carbocycles. The lowest BCUT2D eigenvalue weighted by atomic mass is 9.86. The summed E-state index contributed by atoms with van der Waals surface area (Å²) < 4.78 is 0. The minimum atomic E-state index is -0.134. The SMILES string of the molecule is Cc1n[nH]nc1C(=O)N1CCN(C)[C@]2(CCNC(=O)CC2)C1. The van der Waals surface area contributed by atoms with Crippen LogP contribution in [0.4, 0.5) is 0 Å². The van der Waals surface area contributed by atoms with Crippen LogP contribution in [0.15, 0.2) is 0 Å². The number of piperazine rings is 1. The highest BCUT2D eigenvalue weighted by molar-refractivity contribution is 5.93. The number of aromatic amines is 1. The van der Waals surface area contributed by atoms with Crippen molar-refractivity contribution in [3.05, 3.63) is 11.4 Å². The van der Waals surface area contributed by atoms with Crippen LogP contribution in [0, 0.1) is 6.92 Å². The first-order valence-corrected chi connectivity index (χ1v) is 7.66. The van der Waals surface area contributed by atoms with Crippen molar-refractivity contribution in [2.75, 3.05) is 33.2 Å². The summed E-state index contributed by atoms with van der Waals surface area (Å²) in [4.78, 5) is 28.4. The van der Waals surface area contributed by atoms with E-state index in [1.807, 2.05) is 4.90 Å². The standard InChI is InChI=1S/C14H22N6O2/c1-10-12(17-18-16-10)13(22)20-8-7-19(2)14(9-20)4-3-11(21)15-6-5-14/h3-9H2,1-2H3,(H,15,21)(H,16,17,18)/t14-/m1/s1. The van der Waals surface area contributed by atoms with Gasteiger partial charge in [0.2, 0.25) is 5.91 Å². The summed E-state index contributed by atoms with van der Waals surface area (Å²) in [5.74, 6) is 0.0170. The van der Waals surface area contributed by atoms with E-state index in [9.17, 15) is 9.59 Å². The van der Waals surface area contributed by atoms with Crippen LogP contribution in [0.5, 0.6) is 0 Å². The number of carbonyl (C=O) groups is 2. The quantitative estimate of drug-likeness (QED) is 0.732. The maximum Gasteiger partial charge on any atom is 0.276 e. The lowest BCUT2D eigenvalue weighted by Crippen LogP contribution is -2.62. The van der Waals surface area contributed by atoms with Gasteiger partial charge in [0.15, 0.2) is 5.69 Å². The second-order valence-corrected chi connectivity index (χ2v) is 6.23. The van der Waals surface area contributed by atoms with E-state index in [4.69, 9.17) is 0 Å². The minimum absolute atomic E-state index is 0.0812. The Hall–Kier alpha value is -1.96. The van der Waals surface area contributed by atoms with Crippen LogP contribution in [0.2, 0.25) is 0 Å². The van der Waals surface area contributed by atoms with E-state index in [1.54, 1.807) is 6.92 Å². The highest BCUT2D eigenvalue weighted by atomic mass is 16.2. The first kappa shape index (κ1) is 15.0. The molecule has 1 aromatic rings. The number of hydrogen-bond acceptors (Lipinski definition) is 5. The largest absolute Gasteiger partial charge is 0.356 e. The first-order valence-electron chi connectivity index (χ1n) is 7.66. The van der Waals surface area contributed by atoms with Gasteiger partial charge in [-0.1, -0.05) is 0 Å². The molecule has 3 rings (SSSR count). The van der Waals surface area contributed by atoms with Gasteiger partial charge in [-0.3, -0.25) is 14.5 Å². The third-order valence-electron chi connectivity index (χ3n) is 4.94. The molecule has 2 N–H and O–H groups in total.